The topological polar surface area (TPSA) is 109 Å². The Morgan fingerprint density at radius 3 is 2.27 bits per heavy atom. The van der Waals surface area contributed by atoms with E-state index in [0.717, 1.165) is 11.3 Å². The number of H-pyrrole nitrogens is 1. The van der Waals surface area contributed by atoms with Crippen LogP contribution < -0.4 is 19.2 Å². The van der Waals surface area contributed by atoms with Crippen molar-refractivity contribution in [2.45, 2.75) is 16.2 Å². The van der Waals surface area contributed by atoms with Crippen LogP contribution in [0, 0.1) is 5.92 Å². The molecule has 0 aliphatic carbocycles. The average Bonchev–Trinajstić information content (AvgIpc) is 3.29. The monoisotopic (exact) mass is 504 g/mol. The molecule has 33 heavy (non-hydrogen) atoms. The standard InChI is InChI=1S/C22H17ClN2O6S2/c1-30-12-7-9(8-13(31-2)16(12)26)14-15-18(32-19-17(14)33-22(29)24-19)21(28)25(20(15)27)11-5-3-10(23)4-6-11/h3-8,14-15,18,26H,1-2H3,(H,24,29)/t14-,15-,18+/m0/s1. The molecule has 2 aromatic carbocycles. The van der Waals surface area contributed by atoms with Gasteiger partial charge in [-0.3, -0.25) is 14.4 Å². The molecule has 0 spiro atoms. The quantitative estimate of drug-likeness (QED) is 0.522. The number of aromatic nitrogens is 1. The number of imide groups is 1. The zero-order valence-corrected chi connectivity index (χ0v) is 19.7. The average molecular weight is 505 g/mol. The Morgan fingerprint density at radius 1 is 1.03 bits per heavy atom. The predicted octanol–water partition coefficient (Wildman–Crippen LogP) is 3.61. The zero-order chi connectivity index (χ0) is 23.4. The fourth-order valence-electron chi connectivity index (χ4n) is 4.31. The van der Waals surface area contributed by atoms with Crippen molar-refractivity contribution < 1.29 is 24.2 Å². The van der Waals surface area contributed by atoms with Gasteiger partial charge in [-0.2, -0.15) is 0 Å². The van der Waals surface area contributed by atoms with Crippen LogP contribution in [0.3, 0.4) is 0 Å². The molecule has 1 fully saturated rings. The predicted molar refractivity (Wildman–Crippen MR) is 125 cm³/mol. The van der Waals surface area contributed by atoms with Gasteiger partial charge in [-0.25, -0.2) is 4.90 Å². The molecule has 0 radical (unpaired) electrons. The number of ether oxygens (including phenoxy) is 2. The van der Waals surface area contributed by atoms with Crippen molar-refractivity contribution in [2.75, 3.05) is 19.1 Å². The number of fused-ring (bicyclic) bond motifs is 2. The highest BCUT2D eigenvalue weighted by Gasteiger charge is 2.56. The van der Waals surface area contributed by atoms with E-state index >= 15 is 0 Å². The fraction of sp³-hybridized carbons (Fsp3) is 0.227. The number of nitrogens with zero attached hydrogens (tertiary/aromatic N) is 1. The Bertz CT molecular complexity index is 1310. The number of carbonyl (C=O) groups excluding carboxylic acids is 2. The molecule has 2 aliphatic rings. The highest BCUT2D eigenvalue weighted by molar-refractivity contribution is 8.00. The first kappa shape index (κ1) is 21.9. The highest BCUT2D eigenvalue weighted by Crippen LogP contribution is 2.54. The van der Waals surface area contributed by atoms with E-state index in [2.05, 4.69) is 4.98 Å². The maximum absolute atomic E-state index is 13.7. The minimum Gasteiger partial charge on any atom is -0.502 e. The number of thioether (sulfide) groups is 1. The van der Waals surface area contributed by atoms with Gasteiger partial charge in [-0.05, 0) is 42.0 Å². The van der Waals surface area contributed by atoms with E-state index in [4.69, 9.17) is 21.1 Å². The molecule has 3 atom stereocenters. The van der Waals surface area contributed by atoms with Crippen molar-refractivity contribution in [3.63, 3.8) is 0 Å². The van der Waals surface area contributed by atoms with Crippen LogP contribution in [-0.2, 0) is 9.59 Å². The van der Waals surface area contributed by atoms with E-state index in [0.29, 0.717) is 26.2 Å². The number of amides is 2. The van der Waals surface area contributed by atoms with Gasteiger partial charge >= 0.3 is 4.87 Å². The van der Waals surface area contributed by atoms with Crippen LogP contribution in [0.25, 0.3) is 0 Å². The van der Waals surface area contributed by atoms with E-state index in [1.165, 1.54) is 30.9 Å². The van der Waals surface area contributed by atoms with Crippen molar-refractivity contribution in [3.05, 3.63) is 61.5 Å². The summed E-state index contributed by atoms with van der Waals surface area (Å²) < 4.78 is 10.6. The lowest BCUT2D eigenvalue weighted by Gasteiger charge is -2.30. The van der Waals surface area contributed by atoms with Gasteiger partial charge in [0, 0.05) is 15.8 Å². The number of hydrogen-bond donors (Lipinski definition) is 2. The van der Waals surface area contributed by atoms with Crippen molar-refractivity contribution in [1.82, 2.24) is 4.98 Å². The van der Waals surface area contributed by atoms with Crippen molar-refractivity contribution in [1.29, 1.82) is 0 Å². The second-order valence-corrected chi connectivity index (χ2v) is 10.1. The summed E-state index contributed by atoms with van der Waals surface area (Å²) >= 11 is 8.17. The first-order valence-electron chi connectivity index (χ1n) is 9.82. The number of thiazole rings is 1. The molecule has 170 valence electrons. The summed E-state index contributed by atoms with van der Waals surface area (Å²) in [5.41, 5.74) is 1.02. The molecule has 3 heterocycles. The third kappa shape index (κ3) is 3.40. The molecular formula is C22H17ClN2O6S2. The largest absolute Gasteiger partial charge is 0.502 e. The van der Waals surface area contributed by atoms with E-state index in [-0.39, 0.29) is 33.9 Å². The third-order valence-electron chi connectivity index (χ3n) is 5.77. The van der Waals surface area contributed by atoms with Crippen LogP contribution in [0.1, 0.15) is 16.4 Å². The number of hydrogen-bond acceptors (Lipinski definition) is 8. The van der Waals surface area contributed by atoms with Gasteiger partial charge in [-0.1, -0.05) is 34.7 Å². The Morgan fingerprint density at radius 2 is 1.67 bits per heavy atom. The molecule has 2 N–H and O–H groups in total. The number of aromatic hydroxyl groups is 1. The number of phenols is 1. The van der Waals surface area contributed by atoms with Crippen LogP contribution in [0.15, 0.2) is 46.2 Å². The second kappa shape index (κ2) is 8.12. The van der Waals surface area contributed by atoms with Crippen molar-refractivity contribution >= 4 is 52.2 Å². The van der Waals surface area contributed by atoms with E-state index in [9.17, 15) is 19.5 Å². The summed E-state index contributed by atoms with van der Waals surface area (Å²) in [5.74, 6) is -1.97. The molecular weight excluding hydrogens is 488 g/mol. The van der Waals surface area contributed by atoms with Gasteiger partial charge in [0.05, 0.1) is 30.9 Å². The molecule has 2 amide bonds. The summed E-state index contributed by atoms with van der Waals surface area (Å²) in [6.45, 7) is 0. The van der Waals surface area contributed by atoms with E-state index < -0.39 is 17.1 Å². The summed E-state index contributed by atoms with van der Waals surface area (Å²) in [5, 5.41) is 10.7. The maximum Gasteiger partial charge on any atom is 0.305 e. The molecule has 0 unspecified atom stereocenters. The van der Waals surface area contributed by atoms with Crippen LogP contribution in [0.5, 0.6) is 17.2 Å². The molecule has 1 aromatic heterocycles. The minimum absolute atomic E-state index is 0.162. The number of aromatic amines is 1. The Labute approximate surface area is 201 Å². The normalized spacial score (nSPS) is 21.7. The van der Waals surface area contributed by atoms with Gasteiger partial charge in [0.1, 0.15) is 5.25 Å². The molecule has 3 aromatic rings. The number of anilines is 1. The third-order valence-corrected chi connectivity index (χ3v) is 8.42. The van der Waals surface area contributed by atoms with Gasteiger partial charge in [0.25, 0.3) is 0 Å². The number of rotatable bonds is 4. The van der Waals surface area contributed by atoms with Gasteiger partial charge in [0.2, 0.25) is 17.6 Å². The lowest BCUT2D eigenvalue weighted by Crippen LogP contribution is -2.32. The summed E-state index contributed by atoms with van der Waals surface area (Å²) in [6.07, 6.45) is 0. The highest BCUT2D eigenvalue weighted by atomic mass is 35.5. The number of phenolic OH excluding ortho intramolecular Hbond substituents is 1. The van der Waals surface area contributed by atoms with Gasteiger partial charge in [0.15, 0.2) is 11.5 Å². The SMILES string of the molecule is COc1cc([C@@H]2c3sc(=O)[nH]c3S[C@H]3C(=O)N(c4ccc(Cl)cc4)C(=O)[C@@H]23)cc(OC)c1O. The van der Waals surface area contributed by atoms with E-state index in [1.807, 2.05) is 0 Å². The number of nitrogens with one attached hydrogen (secondary N) is 1. The summed E-state index contributed by atoms with van der Waals surface area (Å²) in [7, 11) is 2.81. The first-order chi connectivity index (χ1) is 15.8. The Balaban J connectivity index is 1.68. The number of methoxy groups -OCH3 is 2. The summed E-state index contributed by atoms with van der Waals surface area (Å²) in [4.78, 5) is 43.6. The molecule has 0 saturated carbocycles. The molecule has 1 saturated heterocycles. The molecule has 8 nitrogen and oxygen atoms in total. The Hall–Kier alpha value is -2.95. The molecule has 2 aliphatic heterocycles. The van der Waals surface area contributed by atoms with Crippen molar-refractivity contribution in [2.24, 2.45) is 5.92 Å². The van der Waals surface area contributed by atoms with Crippen LogP contribution in [0.4, 0.5) is 5.69 Å². The van der Waals surface area contributed by atoms with Crippen LogP contribution >= 0.6 is 34.7 Å². The summed E-state index contributed by atoms with van der Waals surface area (Å²) in [6, 6.07) is 9.69. The van der Waals surface area contributed by atoms with Gasteiger partial charge in [-0.15, -0.1) is 0 Å². The molecule has 5 rings (SSSR count). The van der Waals surface area contributed by atoms with E-state index in [1.54, 1.807) is 36.4 Å². The molecule has 0 bridgehead atoms. The second-order valence-electron chi connectivity index (χ2n) is 7.51. The number of halogens is 1. The van der Waals surface area contributed by atoms with Crippen molar-refractivity contribution in [3.8, 4) is 17.2 Å². The lowest BCUT2D eigenvalue weighted by atomic mass is 9.83. The maximum atomic E-state index is 13.7. The van der Waals surface area contributed by atoms with Crippen LogP contribution in [-0.4, -0.2) is 41.4 Å². The number of carbonyl (C=O) groups is 2. The Kier molecular flexibility index (Phi) is 5.38. The lowest BCUT2D eigenvalue weighted by molar-refractivity contribution is -0.122. The smallest absolute Gasteiger partial charge is 0.305 e. The van der Waals surface area contributed by atoms with Gasteiger partial charge < -0.3 is 19.6 Å². The van der Waals surface area contributed by atoms with Crippen LogP contribution in [0.2, 0.25) is 5.02 Å². The fourth-order valence-corrected chi connectivity index (χ4v) is 6.96. The zero-order valence-electron chi connectivity index (χ0n) is 17.3. The minimum atomic E-state index is -0.768. The first-order valence-corrected chi connectivity index (χ1v) is 11.9. The number of benzene rings is 2. The molecule has 11 heteroatoms.